The van der Waals surface area contributed by atoms with Gasteiger partial charge in [-0.2, -0.15) is 13.2 Å². The van der Waals surface area contributed by atoms with Gasteiger partial charge < -0.3 is 14.6 Å². The number of pyridine rings is 1. The first kappa shape index (κ1) is 20.3. The summed E-state index contributed by atoms with van der Waals surface area (Å²) in [5.74, 6) is -1.39. The molecule has 0 saturated carbocycles. The van der Waals surface area contributed by atoms with Crippen LogP contribution in [0.15, 0.2) is 47.4 Å². The minimum Gasteiger partial charge on any atom is -0.405 e. The van der Waals surface area contributed by atoms with Gasteiger partial charge >= 0.3 is 12.5 Å². The monoisotopic (exact) mass is 394 g/mol. The fourth-order valence-corrected chi connectivity index (χ4v) is 2.16. The standard InChI is InChI=1S/C16H12F6N2O3/c17-15(18,19)11-5-3-7-24(14(11)26)9-13(25)23-8-10-4-1-2-6-12(10)27-16(20,21)22/h1-7H,8-9H2,(H,23,25). The number of rotatable bonds is 5. The number of aromatic nitrogens is 1. The van der Waals surface area contributed by atoms with Crippen molar-refractivity contribution in [1.29, 1.82) is 0 Å². The van der Waals surface area contributed by atoms with Crippen LogP contribution in [0.5, 0.6) is 5.75 Å². The van der Waals surface area contributed by atoms with E-state index >= 15 is 0 Å². The zero-order valence-corrected chi connectivity index (χ0v) is 13.4. The molecule has 2 aromatic rings. The second-order valence-corrected chi connectivity index (χ2v) is 5.28. The summed E-state index contributed by atoms with van der Waals surface area (Å²) in [7, 11) is 0. The largest absolute Gasteiger partial charge is 0.573 e. The fourth-order valence-electron chi connectivity index (χ4n) is 2.16. The van der Waals surface area contributed by atoms with Gasteiger partial charge in [-0.1, -0.05) is 18.2 Å². The third kappa shape index (κ3) is 5.76. The van der Waals surface area contributed by atoms with Crippen LogP contribution in [0.4, 0.5) is 26.3 Å². The number of nitrogens with zero attached hydrogens (tertiary/aromatic N) is 1. The Labute approximate surface area is 148 Å². The maximum absolute atomic E-state index is 12.7. The van der Waals surface area contributed by atoms with E-state index in [1.54, 1.807) is 0 Å². The summed E-state index contributed by atoms with van der Waals surface area (Å²) in [5.41, 5.74) is -2.83. The molecule has 1 N–H and O–H groups in total. The van der Waals surface area contributed by atoms with Crippen molar-refractivity contribution in [2.75, 3.05) is 0 Å². The predicted molar refractivity (Wildman–Crippen MR) is 80.7 cm³/mol. The van der Waals surface area contributed by atoms with Crippen molar-refractivity contribution in [1.82, 2.24) is 9.88 Å². The fraction of sp³-hybridized carbons (Fsp3) is 0.250. The van der Waals surface area contributed by atoms with Gasteiger partial charge in [-0.25, -0.2) is 0 Å². The number of alkyl halides is 6. The minimum atomic E-state index is -4.93. The number of halogens is 6. The molecule has 0 fully saturated rings. The first-order valence-corrected chi connectivity index (χ1v) is 7.34. The molecular formula is C16H12F6N2O3. The van der Waals surface area contributed by atoms with Gasteiger partial charge in [0.05, 0.1) is 0 Å². The van der Waals surface area contributed by atoms with E-state index in [9.17, 15) is 35.9 Å². The molecule has 27 heavy (non-hydrogen) atoms. The highest BCUT2D eigenvalue weighted by atomic mass is 19.4. The van der Waals surface area contributed by atoms with Crippen LogP contribution in [0.25, 0.3) is 0 Å². The Morgan fingerprint density at radius 2 is 1.70 bits per heavy atom. The molecule has 0 aliphatic rings. The Bertz CT molecular complexity index is 873. The van der Waals surface area contributed by atoms with Gasteiger partial charge in [-0.15, -0.1) is 13.2 Å². The van der Waals surface area contributed by atoms with Gasteiger partial charge in [-0.3, -0.25) is 9.59 Å². The zero-order valence-electron chi connectivity index (χ0n) is 13.4. The zero-order chi connectivity index (χ0) is 20.2. The Hall–Kier alpha value is -2.98. The highest BCUT2D eigenvalue weighted by Crippen LogP contribution is 2.27. The lowest BCUT2D eigenvalue weighted by Gasteiger charge is -2.14. The van der Waals surface area contributed by atoms with E-state index in [4.69, 9.17) is 0 Å². The van der Waals surface area contributed by atoms with E-state index in [1.807, 2.05) is 0 Å². The Balaban J connectivity index is 2.08. The second-order valence-electron chi connectivity index (χ2n) is 5.28. The summed E-state index contributed by atoms with van der Waals surface area (Å²) in [5, 5.41) is 2.23. The number of carbonyl (C=O) groups excluding carboxylic acids is 1. The van der Waals surface area contributed by atoms with Crippen LogP contribution in [0.1, 0.15) is 11.1 Å². The van der Waals surface area contributed by atoms with Gasteiger partial charge in [0.2, 0.25) is 5.91 Å². The molecule has 0 unspecified atom stereocenters. The molecule has 0 bridgehead atoms. The summed E-state index contributed by atoms with van der Waals surface area (Å²) < 4.78 is 79.5. The molecule has 2 rings (SSSR count). The van der Waals surface area contributed by atoms with Crippen LogP contribution >= 0.6 is 0 Å². The molecule has 1 aromatic carbocycles. The van der Waals surface area contributed by atoms with Crippen molar-refractivity contribution in [3.05, 3.63) is 64.1 Å². The summed E-state index contributed by atoms with van der Waals surface area (Å²) >= 11 is 0. The number of para-hydroxylation sites is 1. The van der Waals surface area contributed by atoms with Gasteiger partial charge in [0.15, 0.2) is 0 Å². The lowest BCUT2D eigenvalue weighted by Crippen LogP contribution is -2.34. The number of hydrogen-bond acceptors (Lipinski definition) is 3. The lowest BCUT2D eigenvalue weighted by atomic mass is 10.2. The first-order valence-electron chi connectivity index (χ1n) is 7.34. The summed E-state index contributed by atoms with van der Waals surface area (Å²) in [6.07, 6.45) is -8.80. The number of amides is 1. The number of ether oxygens (including phenoxy) is 1. The minimum absolute atomic E-state index is 0.000404. The van der Waals surface area contributed by atoms with Gasteiger partial charge in [0, 0.05) is 18.3 Å². The molecule has 1 aromatic heterocycles. The molecular weight excluding hydrogens is 382 g/mol. The number of nitrogens with one attached hydrogen (secondary N) is 1. The average Bonchev–Trinajstić information content (AvgIpc) is 2.53. The number of carbonyl (C=O) groups is 1. The summed E-state index contributed by atoms with van der Waals surface area (Å²) in [6.45, 7) is -1.11. The third-order valence-corrected chi connectivity index (χ3v) is 3.31. The molecule has 5 nitrogen and oxygen atoms in total. The molecule has 1 heterocycles. The first-order chi connectivity index (χ1) is 12.5. The second kappa shape index (κ2) is 7.72. The van der Waals surface area contributed by atoms with Gasteiger partial charge in [-0.05, 0) is 18.2 Å². The molecule has 11 heteroatoms. The van der Waals surface area contributed by atoms with Crippen molar-refractivity contribution >= 4 is 5.91 Å². The van der Waals surface area contributed by atoms with E-state index in [0.29, 0.717) is 10.6 Å². The van der Waals surface area contributed by atoms with Crippen molar-refractivity contribution in [3.63, 3.8) is 0 Å². The van der Waals surface area contributed by atoms with Gasteiger partial charge in [0.1, 0.15) is 17.9 Å². The lowest BCUT2D eigenvalue weighted by molar-refractivity contribution is -0.274. The topological polar surface area (TPSA) is 60.3 Å². The molecule has 0 aliphatic carbocycles. The van der Waals surface area contributed by atoms with Crippen molar-refractivity contribution in [3.8, 4) is 5.75 Å². The average molecular weight is 394 g/mol. The summed E-state index contributed by atoms with van der Waals surface area (Å²) in [4.78, 5) is 23.6. The molecule has 1 amide bonds. The predicted octanol–water partition coefficient (Wildman–Crippen LogP) is 3.08. The molecule has 146 valence electrons. The molecule has 0 saturated heterocycles. The summed E-state index contributed by atoms with van der Waals surface area (Å²) in [6, 6.07) is 6.59. The molecule has 0 aliphatic heterocycles. The third-order valence-electron chi connectivity index (χ3n) is 3.31. The maximum Gasteiger partial charge on any atom is 0.573 e. The van der Waals surface area contributed by atoms with Crippen molar-refractivity contribution in [2.45, 2.75) is 25.6 Å². The van der Waals surface area contributed by atoms with Crippen LogP contribution in [-0.2, 0) is 24.1 Å². The van der Waals surface area contributed by atoms with Crippen molar-refractivity contribution in [2.24, 2.45) is 0 Å². The molecule has 0 atom stereocenters. The SMILES string of the molecule is O=C(Cn1cccc(C(F)(F)F)c1=O)NCc1ccccc1OC(F)(F)F. The highest BCUT2D eigenvalue weighted by Gasteiger charge is 2.34. The normalized spacial score (nSPS) is 11.9. The maximum atomic E-state index is 12.7. The van der Waals surface area contributed by atoms with E-state index in [-0.39, 0.29) is 12.1 Å². The van der Waals surface area contributed by atoms with Crippen LogP contribution in [0.2, 0.25) is 0 Å². The molecule has 0 spiro atoms. The van der Waals surface area contributed by atoms with E-state index in [1.165, 1.54) is 18.2 Å². The molecule has 0 radical (unpaired) electrons. The Morgan fingerprint density at radius 3 is 2.33 bits per heavy atom. The van der Waals surface area contributed by atoms with Crippen molar-refractivity contribution < 1.29 is 35.9 Å². The number of hydrogen-bond donors (Lipinski definition) is 1. The van der Waals surface area contributed by atoms with E-state index < -0.39 is 41.9 Å². The van der Waals surface area contributed by atoms with Crippen LogP contribution < -0.4 is 15.6 Å². The Kier molecular flexibility index (Phi) is 5.82. The van der Waals surface area contributed by atoms with Crippen LogP contribution in [0, 0.1) is 0 Å². The van der Waals surface area contributed by atoms with Gasteiger partial charge in [0.25, 0.3) is 5.56 Å². The Morgan fingerprint density at radius 1 is 1.04 bits per heavy atom. The van der Waals surface area contributed by atoms with Crippen LogP contribution in [-0.4, -0.2) is 16.8 Å². The van der Waals surface area contributed by atoms with E-state index in [2.05, 4.69) is 10.1 Å². The number of benzene rings is 1. The van der Waals surface area contributed by atoms with Crippen LogP contribution in [0.3, 0.4) is 0 Å². The van der Waals surface area contributed by atoms with E-state index in [0.717, 1.165) is 18.3 Å². The highest BCUT2D eigenvalue weighted by molar-refractivity contribution is 5.75. The smallest absolute Gasteiger partial charge is 0.405 e. The quantitative estimate of drug-likeness (QED) is 0.793.